The molecule has 1 aromatic rings. The largest absolute Gasteiger partial charge is 0.381 e. The van der Waals surface area contributed by atoms with Gasteiger partial charge in [0.25, 0.3) is 5.91 Å². The third-order valence-corrected chi connectivity index (χ3v) is 3.22. The number of hydrogen-bond donors (Lipinski definition) is 1. The Balaban J connectivity index is 1.82. The fourth-order valence-corrected chi connectivity index (χ4v) is 2.28. The van der Waals surface area contributed by atoms with Gasteiger partial charge in [-0.3, -0.25) is 14.7 Å². The Morgan fingerprint density at radius 2 is 2.47 bits per heavy atom. The van der Waals surface area contributed by atoms with Crippen LogP contribution in [0.3, 0.4) is 0 Å². The fraction of sp³-hybridized carbons (Fsp3) is 0.636. The molecule has 17 heavy (non-hydrogen) atoms. The number of nitrogens with one attached hydrogen (secondary N) is 1. The van der Waals surface area contributed by atoms with E-state index in [0.29, 0.717) is 25.3 Å². The predicted octanol–water partition coefficient (Wildman–Crippen LogP) is 0.691. The van der Waals surface area contributed by atoms with E-state index in [-0.39, 0.29) is 11.8 Å². The van der Waals surface area contributed by atoms with Crippen molar-refractivity contribution in [2.75, 3.05) is 26.4 Å². The van der Waals surface area contributed by atoms with E-state index in [9.17, 15) is 4.79 Å². The van der Waals surface area contributed by atoms with Gasteiger partial charge >= 0.3 is 0 Å². The first kappa shape index (κ1) is 10.7. The molecular weight excluding hydrogens is 222 g/mol. The van der Waals surface area contributed by atoms with Crippen LogP contribution in [0.25, 0.3) is 0 Å². The van der Waals surface area contributed by atoms with Crippen LogP contribution in [-0.2, 0) is 9.57 Å². The number of amides is 1. The molecule has 2 aliphatic heterocycles. The first-order chi connectivity index (χ1) is 8.36. The van der Waals surface area contributed by atoms with Crippen LogP contribution >= 0.6 is 0 Å². The van der Waals surface area contributed by atoms with E-state index in [0.717, 1.165) is 25.1 Å². The molecule has 6 heteroatoms. The summed E-state index contributed by atoms with van der Waals surface area (Å²) >= 11 is 0. The van der Waals surface area contributed by atoms with Gasteiger partial charge in [0.15, 0.2) is 0 Å². The molecule has 1 atom stereocenters. The quantitative estimate of drug-likeness (QED) is 0.821. The number of aromatic amines is 1. The summed E-state index contributed by atoms with van der Waals surface area (Å²) in [5.74, 6) is 0.150. The molecule has 0 aliphatic carbocycles. The summed E-state index contributed by atoms with van der Waals surface area (Å²) in [4.78, 5) is 17.5. The summed E-state index contributed by atoms with van der Waals surface area (Å²) in [6, 6.07) is 0. The lowest BCUT2D eigenvalue weighted by Crippen LogP contribution is -2.27. The number of ether oxygens (including phenoxy) is 1. The number of carbonyl (C=O) groups is 1. The molecule has 0 aromatic carbocycles. The molecule has 6 nitrogen and oxygen atoms in total. The SMILES string of the molecule is O=C(c1cn[nH]c1C1CCOC1)N1CCCO1. The zero-order valence-corrected chi connectivity index (χ0v) is 9.52. The normalized spacial score (nSPS) is 24.5. The van der Waals surface area contributed by atoms with Crippen LogP contribution in [0.5, 0.6) is 0 Å². The average Bonchev–Trinajstić information content (AvgIpc) is 3.09. The van der Waals surface area contributed by atoms with Gasteiger partial charge < -0.3 is 4.74 Å². The van der Waals surface area contributed by atoms with Crippen molar-refractivity contribution < 1.29 is 14.4 Å². The van der Waals surface area contributed by atoms with Gasteiger partial charge in [-0.05, 0) is 12.8 Å². The lowest BCUT2D eigenvalue weighted by molar-refractivity contribution is -0.0769. The number of aromatic nitrogens is 2. The molecule has 1 aromatic heterocycles. The second-order valence-corrected chi connectivity index (χ2v) is 4.35. The Hall–Kier alpha value is -1.40. The molecular formula is C11H15N3O3. The van der Waals surface area contributed by atoms with Crippen molar-refractivity contribution >= 4 is 5.91 Å². The molecule has 2 aliphatic rings. The lowest BCUT2D eigenvalue weighted by Gasteiger charge is -2.15. The minimum Gasteiger partial charge on any atom is -0.381 e. The van der Waals surface area contributed by atoms with E-state index in [1.165, 1.54) is 5.06 Å². The minimum absolute atomic E-state index is 0.0989. The maximum atomic E-state index is 12.2. The third-order valence-electron chi connectivity index (χ3n) is 3.22. The highest BCUT2D eigenvalue weighted by Gasteiger charge is 2.29. The van der Waals surface area contributed by atoms with Crippen molar-refractivity contribution in [2.45, 2.75) is 18.8 Å². The summed E-state index contributed by atoms with van der Waals surface area (Å²) in [5.41, 5.74) is 1.49. The highest BCUT2D eigenvalue weighted by molar-refractivity contribution is 5.94. The highest BCUT2D eigenvalue weighted by Crippen LogP contribution is 2.27. The molecule has 3 heterocycles. The Bertz CT molecular complexity index is 406. The standard InChI is InChI=1S/C11H15N3O3/c15-11(14-3-1-4-17-14)9-6-12-13-10(9)8-2-5-16-7-8/h6,8H,1-5,7H2,(H,12,13). The monoisotopic (exact) mass is 237 g/mol. The lowest BCUT2D eigenvalue weighted by atomic mass is 10.0. The van der Waals surface area contributed by atoms with Crippen molar-refractivity contribution in [2.24, 2.45) is 0 Å². The smallest absolute Gasteiger partial charge is 0.280 e. The molecule has 0 radical (unpaired) electrons. The summed E-state index contributed by atoms with van der Waals surface area (Å²) in [6.07, 6.45) is 3.41. The topological polar surface area (TPSA) is 67.5 Å². The van der Waals surface area contributed by atoms with Crippen molar-refractivity contribution in [3.63, 3.8) is 0 Å². The van der Waals surface area contributed by atoms with Crippen molar-refractivity contribution in [3.8, 4) is 0 Å². The van der Waals surface area contributed by atoms with E-state index in [2.05, 4.69) is 10.2 Å². The minimum atomic E-state index is -0.0989. The molecule has 0 spiro atoms. The molecule has 1 amide bonds. The van der Waals surface area contributed by atoms with Crippen LogP contribution in [-0.4, -0.2) is 47.5 Å². The summed E-state index contributed by atoms with van der Waals surface area (Å²) in [6.45, 7) is 2.68. The summed E-state index contributed by atoms with van der Waals surface area (Å²) < 4.78 is 5.34. The maximum absolute atomic E-state index is 12.2. The second-order valence-electron chi connectivity index (χ2n) is 4.35. The Morgan fingerprint density at radius 3 is 3.18 bits per heavy atom. The molecule has 0 saturated carbocycles. The maximum Gasteiger partial charge on any atom is 0.280 e. The van der Waals surface area contributed by atoms with Crippen molar-refractivity contribution in [1.82, 2.24) is 15.3 Å². The first-order valence-corrected chi connectivity index (χ1v) is 5.92. The van der Waals surface area contributed by atoms with Crippen LogP contribution in [0.4, 0.5) is 0 Å². The number of hydrogen-bond acceptors (Lipinski definition) is 4. The van der Waals surface area contributed by atoms with Gasteiger partial charge in [0, 0.05) is 12.5 Å². The second kappa shape index (κ2) is 4.46. The van der Waals surface area contributed by atoms with Crippen LogP contribution in [0.1, 0.15) is 34.8 Å². The van der Waals surface area contributed by atoms with Crippen molar-refractivity contribution in [3.05, 3.63) is 17.5 Å². The zero-order chi connectivity index (χ0) is 11.7. The van der Waals surface area contributed by atoms with Gasteiger partial charge in [-0.1, -0.05) is 0 Å². The van der Waals surface area contributed by atoms with Gasteiger partial charge in [0.2, 0.25) is 0 Å². The van der Waals surface area contributed by atoms with Crippen LogP contribution in [0.2, 0.25) is 0 Å². The Labute approximate surface area is 98.8 Å². The Kier molecular flexibility index (Phi) is 2.82. The number of rotatable bonds is 2. The molecule has 2 saturated heterocycles. The molecule has 3 rings (SSSR count). The van der Waals surface area contributed by atoms with Gasteiger partial charge in [0.1, 0.15) is 0 Å². The number of H-pyrrole nitrogens is 1. The number of carbonyl (C=O) groups excluding carboxylic acids is 1. The van der Waals surface area contributed by atoms with E-state index >= 15 is 0 Å². The van der Waals surface area contributed by atoms with E-state index in [4.69, 9.17) is 9.57 Å². The van der Waals surface area contributed by atoms with Crippen LogP contribution in [0.15, 0.2) is 6.20 Å². The van der Waals surface area contributed by atoms with E-state index < -0.39 is 0 Å². The van der Waals surface area contributed by atoms with Gasteiger partial charge in [0.05, 0.1) is 37.2 Å². The van der Waals surface area contributed by atoms with Crippen LogP contribution < -0.4 is 0 Å². The van der Waals surface area contributed by atoms with Gasteiger partial charge in [-0.15, -0.1) is 0 Å². The fourth-order valence-electron chi connectivity index (χ4n) is 2.28. The molecule has 2 fully saturated rings. The van der Waals surface area contributed by atoms with Crippen LogP contribution in [0, 0.1) is 0 Å². The number of hydroxylamine groups is 2. The third kappa shape index (κ3) is 1.94. The Morgan fingerprint density at radius 1 is 1.53 bits per heavy atom. The van der Waals surface area contributed by atoms with E-state index in [1.807, 2.05) is 0 Å². The average molecular weight is 237 g/mol. The highest BCUT2D eigenvalue weighted by atomic mass is 16.7. The van der Waals surface area contributed by atoms with Gasteiger partial charge in [-0.25, -0.2) is 5.06 Å². The molecule has 0 bridgehead atoms. The summed E-state index contributed by atoms with van der Waals surface area (Å²) in [7, 11) is 0. The summed E-state index contributed by atoms with van der Waals surface area (Å²) in [5, 5.41) is 8.32. The predicted molar refractivity (Wildman–Crippen MR) is 58.4 cm³/mol. The molecule has 1 unspecified atom stereocenters. The molecule has 1 N–H and O–H groups in total. The number of nitrogens with zero attached hydrogens (tertiary/aromatic N) is 2. The molecule has 92 valence electrons. The van der Waals surface area contributed by atoms with Crippen molar-refractivity contribution in [1.29, 1.82) is 0 Å². The first-order valence-electron chi connectivity index (χ1n) is 5.92. The van der Waals surface area contributed by atoms with E-state index in [1.54, 1.807) is 6.20 Å². The van der Waals surface area contributed by atoms with Gasteiger partial charge in [-0.2, -0.15) is 5.10 Å². The zero-order valence-electron chi connectivity index (χ0n) is 9.52.